The number of aromatic nitrogens is 2. The number of nitro groups is 1. The van der Waals surface area contributed by atoms with Crippen LogP contribution in [0.25, 0.3) is 0 Å². The number of rotatable bonds is 4. The van der Waals surface area contributed by atoms with Gasteiger partial charge in [-0.3, -0.25) is 15.1 Å². The van der Waals surface area contributed by atoms with Gasteiger partial charge in [0, 0.05) is 10.5 Å². The molecule has 2 aromatic rings. The molecule has 8 nitrogen and oxygen atoms in total. The predicted molar refractivity (Wildman–Crippen MR) is 74.2 cm³/mol. The maximum absolute atomic E-state index is 11.3. The molecule has 0 aliphatic heterocycles. The number of methoxy groups -OCH3 is 1. The van der Waals surface area contributed by atoms with E-state index in [1.165, 1.54) is 31.6 Å². The Balaban J connectivity index is 2.34. The lowest BCUT2D eigenvalue weighted by Crippen LogP contribution is -2.05. The molecule has 108 valence electrons. The number of hydrogen-bond donors (Lipinski definition) is 0. The molecular weight excluding hydrogens is 346 g/mol. The number of halogens is 1. The molecule has 0 N–H and O–H groups in total. The van der Waals surface area contributed by atoms with E-state index in [2.05, 4.69) is 30.6 Å². The van der Waals surface area contributed by atoms with Crippen molar-refractivity contribution in [3.63, 3.8) is 0 Å². The Labute approximate surface area is 127 Å². The first-order valence-corrected chi connectivity index (χ1v) is 6.32. The third-order valence-corrected chi connectivity index (χ3v) is 2.83. The van der Waals surface area contributed by atoms with Gasteiger partial charge >= 0.3 is 11.7 Å². The highest BCUT2D eigenvalue weighted by atomic mass is 79.9. The fraction of sp³-hybridized carbons (Fsp3) is 0.0833. The third kappa shape index (κ3) is 3.51. The molecule has 2 rings (SSSR count). The topological polar surface area (TPSA) is 104 Å². The molecule has 1 aromatic carbocycles. The molecule has 0 saturated carbocycles. The second kappa shape index (κ2) is 6.27. The maximum atomic E-state index is 11.3. The monoisotopic (exact) mass is 353 g/mol. The van der Waals surface area contributed by atoms with Gasteiger partial charge in [0.15, 0.2) is 5.69 Å². The van der Waals surface area contributed by atoms with Crippen molar-refractivity contribution in [2.24, 2.45) is 0 Å². The summed E-state index contributed by atoms with van der Waals surface area (Å²) in [7, 11) is 1.21. The van der Waals surface area contributed by atoms with Crippen molar-refractivity contribution in [1.29, 1.82) is 0 Å². The number of nitro benzene ring substituents is 1. The number of carbonyl (C=O) groups is 1. The van der Waals surface area contributed by atoms with Crippen LogP contribution in [0.15, 0.2) is 35.1 Å². The molecular formula is C12H8BrN3O5. The van der Waals surface area contributed by atoms with Crippen LogP contribution >= 0.6 is 15.9 Å². The average molecular weight is 354 g/mol. The van der Waals surface area contributed by atoms with Crippen molar-refractivity contribution in [1.82, 2.24) is 9.97 Å². The summed E-state index contributed by atoms with van der Waals surface area (Å²) >= 11 is 3.14. The number of hydrogen-bond acceptors (Lipinski definition) is 7. The van der Waals surface area contributed by atoms with Crippen molar-refractivity contribution in [2.45, 2.75) is 0 Å². The van der Waals surface area contributed by atoms with Gasteiger partial charge < -0.3 is 9.47 Å². The summed E-state index contributed by atoms with van der Waals surface area (Å²) in [5, 5.41) is 11.0. The van der Waals surface area contributed by atoms with Crippen LogP contribution in [0.5, 0.6) is 11.6 Å². The van der Waals surface area contributed by atoms with Gasteiger partial charge in [0.2, 0.25) is 11.6 Å². The van der Waals surface area contributed by atoms with Crippen molar-refractivity contribution in [3.05, 3.63) is 50.9 Å². The Bertz CT molecular complexity index is 707. The molecule has 21 heavy (non-hydrogen) atoms. The summed E-state index contributed by atoms with van der Waals surface area (Å²) < 4.78 is 10.4. The van der Waals surface area contributed by atoms with Crippen molar-refractivity contribution in [2.75, 3.05) is 7.11 Å². The Morgan fingerprint density at radius 1 is 1.38 bits per heavy atom. The molecule has 0 bridgehead atoms. The number of benzene rings is 1. The third-order valence-electron chi connectivity index (χ3n) is 2.34. The summed E-state index contributed by atoms with van der Waals surface area (Å²) in [6, 6.07) is 4.29. The standard InChI is InChI=1S/C12H8BrN3O5/c1-20-12(17)8-5-14-6-11(15-8)21-10-3-2-7(13)4-9(10)16(18)19/h2-6H,1H3. The van der Waals surface area contributed by atoms with Gasteiger partial charge in [-0.05, 0) is 12.1 Å². The van der Waals surface area contributed by atoms with E-state index in [0.717, 1.165) is 0 Å². The first-order chi connectivity index (χ1) is 10.0. The molecule has 0 amide bonds. The van der Waals surface area contributed by atoms with E-state index in [1.807, 2.05) is 0 Å². The van der Waals surface area contributed by atoms with Gasteiger partial charge in [-0.2, -0.15) is 0 Å². The molecule has 1 aromatic heterocycles. The van der Waals surface area contributed by atoms with Crippen LogP contribution in [0.2, 0.25) is 0 Å². The maximum Gasteiger partial charge on any atom is 0.358 e. The van der Waals surface area contributed by atoms with E-state index < -0.39 is 10.9 Å². The van der Waals surface area contributed by atoms with Gasteiger partial charge in [-0.25, -0.2) is 9.78 Å². The van der Waals surface area contributed by atoms with Gasteiger partial charge in [-0.15, -0.1) is 0 Å². The number of nitrogens with zero attached hydrogens (tertiary/aromatic N) is 3. The zero-order valence-corrected chi connectivity index (χ0v) is 12.2. The minimum Gasteiger partial charge on any atom is -0.464 e. The van der Waals surface area contributed by atoms with Crippen LogP contribution in [0.3, 0.4) is 0 Å². The van der Waals surface area contributed by atoms with Crippen LogP contribution in [-0.2, 0) is 4.74 Å². The van der Waals surface area contributed by atoms with Gasteiger partial charge in [0.05, 0.1) is 24.4 Å². The molecule has 0 aliphatic carbocycles. The lowest BCUT2D eigenvalue weighted by Gasteiger charge is -2.06. The minimum atomic E-state index is -0.682. The van der Waals surface area contributed by atoms with E-state index in [-0.39, 0.29) is 23.0 Å². The van der Waals surface area contributed by atoms with Crippen LogP contribution in [-0.4, -0.2) is 28.0 Å². The summed E-state index contributed by atoms with van der Waals surface area (Å²) in [6.07, 6.45) is 2.44. The normalized spacial score (nSPS) is 10.0. The van der Waals surface area contributed by atoms with Gasteiger partial charge in [-0.1, -0.05) is 15.9 Å². The number of carbonyl (C=O) groups excluding carboxylic acids is 1. The van der Waals surface area contributed by atoms with Crippen molar-refractivity contribution >= 4 is 27.6 Å². The lowest BCUT2D eigenvalue weighted by atomic mass is 10.3. The molecule has 0 atom stereocenters. The summed E-state index contributed by atoms with van der Waals surface area (Å²) in [4.78, 5) is 29.4. The first kappa shape index (κ1) is 14.9. The lowest BCUT2D eigenvalue weighted by molar-refractivity contribution is -0.385. The van der Waals surface area contributed by atoms with E-state index >= 15 is 0 Å². The summed E-state index contributed by atoms with van der Waals surface area (Å²) in [5.41, 5.74) is -0.301. The van der Waals surface area contributed by atoms with E-state index in [1.54, 1.807) is 6.07 Å². The molecule has 0 fully saturated rings. The molecule has 0 unspecified atom stereocenters. The van der Waals surface area contributed by atoms with Gasteiger partial charge in [0.1, 0.15) is 0 Å². The highest BCUT2D eigenvalue weighted by Gasteiger charge is 2.18. The summed E-state index contributed by atoms with van der Waals surface area (Å²) in [6.45, 7) is 0. The molecule has 1 heterocycles. The molecule has 9 heteroatoms. The smallest absolute Gasteiger partial charge is 0.358 e. The predicted octanol–water partition coefficient (Wildman–Crippen LogP) is 2.73. The van der Waals surface area contributed by atoms with Crippen LogP contribution < -0.4 is 4.74 Å². The van der Waals surface area contributed by atoms with Crippen LogP contribution in [0.1, 0.15) is 10.5 Å². The molecule has 0 spiro atoms. The SMILES string of the molecule is COC(=O)c1cncc(Oc2ccc(Br)cc2[N+](=O)[O-])n1. The highest BCUT2D eigenvalue weighted by Crippen LogP contribution is 2.32. The average Bonchev–Trinajstić information content (AvgIpc) is 2.48. The molecule has 0 aliphatic rings. The van der Waals surface area contributed by atoms with Crippen molar-refractivity contribution in [3.8, 4) is 11.6 Å². The zero-order chi connectivity index (χ0) is 15.4. The number of esters is 1. The van der Waals surface area contributed by atoms with E-state index in [9.17, 15) is 14.9 Å². The Kier molecular flexibility index (Phi) is 4.43. The van der Waals surface area contributed by atoms with Gasteiger partial charge in [0.25, 0.3) is 0 Å². The first-order valence-electron chi connectivity index (χ1n) is 5.53. The Hall–Kier alpha value is -2.55. The molecule has 0 radical (unpaired) electrons. The highest BCUT2D eigenvalue weighted by molar-refractivity contribution is 9.10. The number of ether oxygens (including phenoxy) is 2. The Morgan fingerprint density at radius 3 is 2.81 bits per heavy atom. The largest absolute Gasteiger partial charge is 0.464 e. The van der Waals surface area contributed by atoms with Crippen molar-refractivity contribution < 1.29 is 19.2 Å². The second-order valence-electron chi connectivity index (χ2n) is 3.71. The zero-order valence-electron chi connectivity index (χ0n) is 10.6. The summed E-state index contributed by atoms with van der Waals surface area (Å²) in [5.74, 6) is -0.749. The van der Waals surface area contributed by atoms with E-state index in [0.29, 0.717) is 4.47 Å². The second-order valence-corrected chi connectivity index (χ2v) is 4.62. The van der Waals surface area contributed by atoms with Crippen LogP contribution in [0.4, 0.5) is 5.69 Å². The Morgan fingerprint density at radius 2 is 2.14 bits per heavy atom. The van der Waals surface area contributed by atoms with E-state index in [4.69, 9.17) is 4.74 Å². The molecule has 0 saturated heterocycles. The van der Waals surface area contributed by atoms with Crippen LogP contribution in [0, 0.1) is 10.1 Å². The quantitative estimate of drug-likeness (QED) is 0.472. The fourth-order valence-corrected chi connectivity index (χ4v) is 1.78. The minimum absolute atomic E-state index is 0.0143. The fourth-order valence-electron chi connectivity index (χ4n) is 1.43.